The molecular formula is C20H40N4O2. The minimum atomic E-state index is -0.0742. The van der Waals surface area contributed by atoms with Crippen LogP contribution in [0.4, 0.5) is 4.79 Å². The van der Waals surface area contributed by atoms with Crippen molar-refractivity contribution in [2.75, 3.05) is 52.9 Å². The molecule has 6 nitrogen and oxygen atoms in total. The zero-order valence-electron chi connectivity index (χ0n) is 17.1. The van der Waals surface area contributed by atoms with Crippen LogP contribution in [0.1, 0.15) is 52.4 Å². The topological polar surface area (TPSA) is 56.8 Å². The van der Waals surface area contributed by atoms with Crippen LogP contribution in [0.15, 0.2) is 0 Å². The van der Waals surface area contributed by atoms with Crippen LogP contribution in [0, 0.1) is 5.92 Å². The summed E-state index contributed by atoms with van der Waals surface area (Å²) in [5.41, 5.74) is 0. The highest BCUT2D eigenvalue weighted by molar-refractivity contribution is 5.73. The van der Waals surface area contributed by atoms with E-state index in [-0.39, 0.29) is 12.1 Å². The summed E-state index contributed by atoms with van der Waals surface area (Å²) in [6.07, 6.45) is 7.90. The second-order valence-corrected chi connectivity index (χ2v) is 8.41. The zero-order chi connectivity index (χ0) is 18.8. The van der Waals surface area contributed by atoms with Gasteiger partial charge in [0.2, 0.25) is 0 Å². The first kappa shape index (κ1) is 21.5. The van der Waals surface area contributed by atoms with E-state index in [1.807, 2.05) is 0 Å². The molecule has 6 heteroatoms. The first-order valence-corrected chi connectivity index (χ1v) is 10.6. The molecule has 1 heterocycles. The normalized spacial score (nSPS) is 22.7. The van der Waals surface area contributed by atoms with Gasteiger partial charge in [0.15, 0.2) is 0 Å². The van der Waals surface area contributed by atoms with Gasteiger partial charge in [0, 0.05) is 38.8 Å². The molecule has 26 heavy (non-hydrogen) atoms. The number of ether oxygens (including phenoxy) is 1. The Bertz CT molecular complexity index is 399. The SMILES string of the molecule is CC(C)CN1CCOC(CNC(=O)NCCCN(C)C2CCCCC2)C1. The monoisotopic (exact) mass is 368 g/mol. The molecule has 0 aromatic heterocycles. The fourth-order valence-corrected chi connectivity index (χ4v) is 4.09. The number of nitrogens with one attached hydrogen (secondary N) is 2. The number of rotatable bonds is 9. The Morgan fingerprint density at radius 2 is 2.00 bits per heavy atom. The zero-order valence-corrected chi connectivity index (χ0v) is 17.1. The highest BCUT2D eigenvalue weighted by atomic mass is 16.5. The predicted molar refractivity (Wildman–Crippen MR) is 107 cm³/mol. The first-order chi connectivity index (χ1) is 12.5. The van der Waals surface area contributed by atoms with Gasteiger partial charge in [-0.1, -0.05) is 33.1 Å². The highest BCUT2D eigenvalue weighted by Crippen LogP contribution is 2.21. The minimum Gasteiger partial charge on any atom is -0.374 e. The van der Waals surface area contributed by atoms with Crippen LogP contribution in [0.25, 0.3) is 0 Å². The second-order valence-electron chi connectivity index (χ2n) is 8.41. The van der Waals surface area contributed by atoms with E-state index in [0.717, 1.165) is 51.8 Å². The Hall–Kier alpha value is -0.850. The third-order valence-electron chi connectivity index (χ3n) is 5.51. The molecule has 2 N–H and O–H groups in total. The van der Waals surface area contributed by atoms with Crippen molar-refractivity contribution in [1.29, 1.82) is 0 Å². The fraction of sp³-hybridized carbons (Fsp3) is 0.950. The molecule has 1 aliphatic heterocycles. The van der Waals surface area contributed by atoms with Gasteiger partial charge in [-0.15, -0.1) is 0 Å². The lowest BCUT2D eigenvalue weighted by molar-refractivity contribution is -0.0290. The molecule has 2 rings (SSSR count). The molecule has 1 saturated carbocycles. The summed E-state index contributed by atoms with van der Waals surface area (Å²) in [6, 6.07) is 0.671. The first-order valence-electron chi connectivity index (χ1n) is 10.6. The standard InChI is InChI=1S/C20H40N4O2/c1-17(2)15-24-12-13-26-19(16-24)14-22-20(25)21-10-7-11-23(3)18-8-5-4-6-9-18/h17-19H,4-16H2,1-3H3,(H2,21,22,25). The quantitative estimate of drug-likeness (QED) is 0.613. The van der Waals surface area contributed by atoms with Gasteiger partial charge in [0.05, 0.1) is 12.7 Å². The molecule has 152 valence electrons. The van der Waals surface area contributed by atoms with Gasteiger partial charge in [-0.2, -0.15) is 0 Å². The number of hydrogen-bond donors (Lipinski definition) is 2. The number of carbonyl (C=O) groups excluding carboxylic acids is 1. The van der Waals surface area contributed by atoms with Crippen molar-refractivity contribution in [3.8, 4) is 0 Å². The Balaban J connectivity index is 1.52. The molecule has 2 amide bonds. The Morgan fingerprint density at radius 1 is 1.23 bits per heavy atom. The third kappa shape index (κ3) is 8.23. The number of morpholine rings is 1. The van der Waals surface area contributed by atoms with Crippen molar-refractivity contribution in [1.82, 2.24) is 20.4 Å². The third-order valence-corrected chi connectivity index (χ3v) is 5.51. The summed E-state index contributed by atoms with van der Waals surface area (Å²) in [6.45, 7) is 10.6. The number of urea groups is 1. The van der Waals surface area contributed by atoms with Crippen molar-refractivity contribution in [3.63, 3.8) is 0 Å². The van der Waals surface area contributed by atoms with Crippen molar-refractivity contribution in [2.24, 2.45) is 5.92 Å². The van der Waals surface area contributed by atoms with E-state index in [4.69, 9.17) is 4.74 Å². The molecule has 0 spiro atoms. The van der Waals surface area contributed by atoms with Gasteiger partial charge < -0.3 is 20.3 Å². The number of carbonyl (C=O) groups is 1. The highest BCUT2D eigenvalue weighted by Gasteiger charge is 2.21. The smallest absolute Gasteiger partial charge is 0.314 e. The minimum absolute atomic E-state index is 0.0742. The van der Waals surface area contributed by atoms with Crippen molar-refractivity contribution >= 4 is 6.03 Å². The molecule has 0 aromatic rings. The molecule has 1 aliphatic carbocycles. The molecule has 0 radical (unpaired) electrons. The van der Waals surface area contributed by atoms with Gasteiger partial charge in [-0.25, -0.2) is 4.79 Å². The average molecular weight is 369 g/mol. The molecule has 1 unspecified atom stereocenters. The van der Waals surface area contributed by atoms with Crippen molar-refractivity contribution < 1.29 is 9.53 Å². The fourth-order valence-electron chi connectivity index (χ4n) is 4.09. The van der Waals surface area contributed by atoms with Crippen LogP contribution in [-0.4, -0.2) is 80.9 Å². The average Bonchev–Trinajstić information content (AvgIpc) is 2.64. The Morgan fingerprint density at radius 3 is 2.73 bits per heavy atom. The van der Waals surface area contributed by atoms with E-state index in [2.05, 4.69) is 41.3 Å². The van der Waals surface area contributed by atoms with Crippen LogP contribution in [-0.2, 0) is 4.74 Å². The lowest BCUT2D eigenvalue weighted by Crippen LogP contribution is -2.49. The molecular weight excluding hydrogens is 328 g/mol. The molecule has 1 atom stereocenters. The van der Waals surface area contributed by atoms with Gasteiger partial charge in [-0.3, -0.25) is 4.90 Å². The summed E-state index contributed by atoms with van der Waals surface area (Å²) >= 11 is 0. The summed E-state index contributed by atoms with van der Waals surface area (Å²) in [5.74, 6) is 0.664. The molecule has 0 bridgehead atoms. The van der Waals surface area contributed by atoms with Crippen LogP contribution < -0.4 is 10.6 Å². The van der Waals surface area contributed by atoms with E-state index in [1.54, 1.807) is 0 Å². The van der Waals surface area contributed by atoms with E-state index in [9.17, 15) is 4.79 Å². The largest absolute Gasteiger partial charge is 0.374 e. The second kappa shape index (κ2) is 11.8. The van der Waals surface area contributed by atoms with Crippen LogP contribution in [0.2, 0.25) is 0 Å². The summed E-state index contributed by atoms with van der Waals surface area (Å²) in [5, 5.41) is 5.94. The maximum absolute atomic E-state index is 12.0. The Labute approximate surface area is 160 Å². The van der Waals surface area contributed by atoms with Crippen LogP contribution in [0.5, 0.6) is 0 Å². The van der Waals surface area contributed by atoms with Gasteiger partial charge in [0.1, 0.15) is 0 Å². The lowest BCUT2D eigenvalue weighted by atomic mass is 9.94. The van der Waals surface area contributed by atoms with Gasteiger partial charge >= 0.3 is 6.03 Å². The number of nitrogens with zero attached hydrogens (tertiary/aromatic N) is 2. The Kier molecular flexibility index (Phi) is 9.72. The number of amides is 2. The molecule has 1 saturated heterocycles. The van der Waals surface area contributed by atoms with Crippen molar-refractivity contribution in [2.45, 2.75) is 64.5 Å². The summed E-state index contributed by atoms with van der Waals surface area (Å²) < 4.78 is 5.77. The van der Waals surface area contributed by atoms with Gasteiger partial charge in [0.25, 0.3) is 0 Å². The van der Waals surface area contributed by atoms with E-state index >= 15 is 0 Å². The maximum Gasteiger partial charge on any atom is 0.314 e. The molecule has 2 aliphatic rings. The van der Waals surface area contributed by atoms with E-state index in [0.29, 0.717) is 12.5 Å². The van der Waals surface area contributed by atoms with Crippen LogP contribution in [0.3, 0.4) is 0 Å². The number of hydrogen-bond acceptors (Lipinski definition) is 4. The van der Waals surface area contributed by atoms with E-state index in [1.165, 1.54) is 32.1 Å². The van der Waals surface area contributed by atoms with Crippen LogP contribution >= 0.6 is 0 Å². The van der Waals surface area contributed by atoms with Crippen molar-refractivity contribution in [3.05, 3.63) is 0 Å². The summed E-state index contributed by atoms with van der Waals surface area (Å²) in [7, 11) is 2.22. The summed E-state index contributed by atoms with van der Waals surface area (Å²) in [4.78, 5) is 16.9. The lowest BCUT2D eigenvalue weighted by Gasteiger charge is -2.34. The molecule has 2 fully saturated rings. The molecule has 0 aromatic carbocycles. The van der Waals surface area contributed by atoms with Gasteiger partial charge in [-0.05, 0) is 38.8 Å². The maximum atomic E-state index is 12.0. The predicted octanol–water partition coefficient (Wildman–Crippen LogP) is 2.30. The van der Waals surface area contributed by atoms with E-state index < -0.39 is 0 Å².